The summed E-state index contributed by atoms with van der Waals surface area (Å²) in [6, 6.07) is 5.52. The van der Waals surface area contributed by atoms with Gasteiger partial charge in [-0.25, -0.2) is 0 Å². The number of nitrogen functional groups attached to an aromatic ring is 1. The van der Waals surface area contributed by atoms with Crippen LogP contribution in [0.5, 0.6) is 0 Å². The molecule has 0 unspecified atom stereocenters. The van der Waals surface area contributed by atoms with Gasteiger partial charge in [0.25, 0.3) is 0 Å². The molecule has 1 heterocycles. The molecule has 0 saturated heterocycles. The highest BCUT2D eigenvalue weighted by Gasteiger charge is 2.06. The Bertz CT molecular complexity index is 572. The van der Waals surface area contributed by atoms with Gasteiger partial charge < -0.3 is 11.1 Å². The maximum Gasteiger partial charge on any atom is 0.224 e. The summed E-state index contributed by atoms with van der Waals surface area (Å²) in [7, 11) is 0. The lowest BCUT2D eigenvalue weighted by atomic mass is 10.1. The minimum absolute atomic E-state index is 0.0107. The molecule has 1 aromatic carbocycles. The van der Waals surface area contributed by atoms with Gasteiger partial charge >= 0.3 is 0 Å². The van der Waals surface area contributed by atoms with Gasteiger partial charge in [0.1, 0.15) is 5.51 Å². The highest BCUT2D eigenvalue weighted by molar-refractivity contribution is 8.00. The predicted molar refractivity (Wildman–Crippen MR) is 84.1 cm³/mol. The fraction of sp³-hybridized carbons (Fsp3) is 0.308. The van der Waals surface area contributed by atoms with Crippen molar-refractivity contribution in [2.45, 2.75) is 24.1 Å². The minimum Gasteiger partial charge on any atom is -0.398 e. The summed E-state index contributed by atoms with van der Waals surface area (Å²) >= 11 is 3.14. The number of carbonyl (C=O) groups excluding carboxylic acids is 1. The van der Waals surface area contributed by atoms with Crippen molar-refractivity contribution in [1.29, 1.82) is 0 Å². The van der Waals surface area contributed by atoms with Gasteiger partial charge in [-0.05, 0) is 31.0 Å². The molecule has 0 atom stereocenters. The van der Waals surface area contributed by atoms with Crippen LogP contribution in [0.2, 0.25) is 0 Å². The number of nitrogens with zero attached hydrogens (tertiary/aromatic N) is 2. The maximum absolute atomic E-state index is 11.9. The molecule has 2 aromatic rings. The van der Waals surface area contributed by atoms with E-state index < -0.39 is 0 Å². The molecule has 1 amide bonds. The second-order valence-corrected chi connectivity index (χ2v) is 6.40. The first-order valence-corrected chi connectivity index (χ1v) is 8.07. The summed E-state index contributed by atoms with van der Waals surface area (Å²) in [6.45, 7) is 1.90. The minimum atomic E-state index is 0.0107. The second kappa shape index (κ2) is 7.25. The highest BCUT2D eigenvalue weighted by Crippen LogP contribution is 2.22. The first-order chi connectivity index (χ1) is 9.66. The van der Waals surface area contributed by atoms with Crippen LogP contribution in [0.4, 0.5) is 11.4 Å². The third-order valence-electron chi connectivity index (χ3n) is 2.76. The lowest BCUT2D eigenvalue weighted by molar-refractivity contribution is -0.116. The summed E-state index contributed by atoms with van der Waals surface area (Å²) in [5, 5.41) is 10.6. The number of carbonyl (C=O) groups is 1. The zero-order valence-electron chi connectivity index (χ0n) is 11.1. The molecule has 0 aliphatic rings. The van der Waals surface area contributed by atoms with E-state index in [1.807, 2.05) is 25.1 Å². The summed E-state index contributed by atoms with van der Waals surface area (Å²) in [4.78, 5) is 11.9. The molecular weight excluding hydrogens is 292 g/mol. The first-order valence-electron chi connectivity index (χ1n) is 6.20. The number of hydrogen-bond acceptors (Lipinski definition) is 6. The molecule has 3 N–H and O–H groups in total. The van der Waals surface area contributed by atoms with Gasteiger partial charge in [-0.1, -0.05) is 29.2 Å². The number of benzene rings is 1. The molecule has 2 rings (SSSR count). The molecule has 20 heavy (non-hydrogen) atoms. The van der Waals surface area contributed by atoms with Crippen LogP contribution in [-0.2, 0) is 4.79 Å². The Morgan fingerprint density at radius 2 is 2.35 bits per heavy atom. The van der Waals surface area contributed by atoms with Gasteiger partial charge in [0.05, 0.1) is 0 Å². The average Bonchev–Trinajstić information content (AvgIpc) is 2.93. The number of rotatable bonds is 6. The molecule has 0 saturated carbocycles. The van der Waals surface area contributed by atoms with Crippen molar-refractivity contribution in [3.63, 3.8) is 0 Å². The number of hydrogen-bond donors (Lipinski definition) is 2. The van der Waals surface area contributed by atoms with Crippen molar-refractivity contribution in [3.05, 3.63) is 29.3 Å². The number of aromatic nitrogens is 2. The van der Waals surface area contributed by atoms with E-state index in [0.29, 0.717) is 12.1 Å². The number of thioether (sulfide) groups is 1. The van der Waals surface area contributed by atoms with E-state index in [4.69, 9.17) is 5.73 Å². The molecular formula is C13H16N4OS2. The Hall–Kier alpha value is -1.60. The van der Waals surface area contributed by atoms with Crippen molar-refractivity contribution >= 4 is 40.4 Å². The fourth-order valence-corrected chi connectivity index (χ4v) is 3.12. The topological polar surface area (TPSA) is 80.9 Å². The maximum atomic E-state index is 11.9. The lowest BCUT2D eigenvalue weighted by Crippen LogP contribution is -2.12. The molecule has 1 aromatic heterocycles. The summed E-state index contributed by atoms with van der Waals surface area (Å²) in [5.41, 5.74) is 9.89. The van der Waals surface area contributed by atoms with Crippen molar-refractivity contribution in [2.75, 3.05) is 16.8 Å². The van der Waals surface area contributed by atoms with Gasteiger partial charge in [-0.3, -0.25) is 4.79 Å². The molecule has 7 heteroatoms. The van der Waals surface area contributed by atoms with E-state index in [0.717, 1.165) is 27.8 Å². The van der Waals surface area contributed by atoms with E-state index in [2.05, 4.69) is 15.5 Å². The molecule has 0 bridgehead atoms. The third kappa shape index (κ3) is 4.21. The van der Waals surface area contributed by atoms with Crippen LogP contribution in [0.15, 0.2) is 28.0 Å². The molecule has 0 aliphatic heterocycles. The van der Waals surface area contributed by atoms with E-state index in [-0.39, 0.29) is 5.91 Å². The standard InChI is InChI=1S/C13H16N4OS2/c1-9-10(14)4-2-5-11(9)16-12(18)6-3-7-19-13-17-15-8-20-13/h2,4-5,8H,3,6-7,14H2,1H3,(H,16,18). The fourth-order valence-electron chi connectivity index (χ4n) is 1.62. The number of nitrogens with one attached hydrogen (secondary N) is 1. The highest BCUT2D eigenvalue weighted by atomic mass is 32.2. The van der Waals surface area contributed by atoms with Crippen LogP contribution in [0.1, 0.15) is 18.4 Å². The molecule has 0 fully saturated rings. The Kier molecular flexibility index (Phi) is 5.37. The average molecular weight is 308 g/mol. The Labute approximate surface area is 126 Å². The van der Waals surface area contributed by atoms with E-state index in [9.17, 15) is 4.79 Å². The number of anilines is 2. The van der Waals surface area contributed by atoms with Crippen molar-refractivity contribution < 1.29 is 4.79 Å². The first kappa shape index (κ1) is 14.8. The summed E-state index contributed by atoms with van der Waals surface area (Å²) in [5.74, 6) is 0.870. The van der Waals surface area contributed by atoms with E-state index in [1.54, 1.807) is 17.3 Å². The summed E-state index contributed by atoms with van der Waals surface area (Å²) in [6.07, 6.45) is 1.29. The number of amides is 1. The molecule has 5 nitrogen and oxygen atoms in total. The van der Waals surface area contributed by atoms with Crippen LogP contribution in [-0.4, -0.2) is 21.9 Å². The normalized spacial score (nSPS) is 10.4. The smallest absolute Gasteiger partial charge is 0.224 e. The van der Waals surface area contributed by atoms with Gasteiger partial charge in [-0.2, -0.15) is 0 Å². The quantitative estimate of drug-likeness (QED) is 0.487. The van der Waals surface area contributed by atoms with Crippen LogP contribution in [0.25, 0.3) is 0 Å². The molecule has 106 valence electrons. The van der Waals surface area contributed by atoms with Crippen LogP contribution < -0.4 is 11.1 Å². The molecule has 0 aliphatic carbocycles. The van der Waals surface area contributed by atoms with E-state index in [1.165, 1.54) is 11.3 Å². The van der Waals surface area contributed by atoms with E-state index >= 15 is 0 Å². The largest absolute Gasteiger partial charge is 0.398 e. The molecule has 0 spiro atoms. The van der Waals surface area contributed by atoms with Crippen LogP contribution in [0.3, 0.4) is 0 Å². The monoisotopic (exact) mass is 308 g/mol. The van der Waals surface area contributed by atoms with Crippen molar-refractivity contribution in [3.8, 4) is 0 Å². The van der Waals surface area contributed by atoms with Gasteiger partial charge in [-0.15, -0.1) is 10.2 Å². The summed E-state index contributed by atoms with van der Waals surface area (Å²) < 4.78 is 0.942. The number of nitrogens with two attached hydrogens (primary N) is 1. The third-order valence-corrected chi connectivity index (χ3v) is 4.71. The predicted octanol–water partition coefficient (Wildman–Crippen LogP) is 2.94. The van der Waals surface area contributed by atoms with Crippen LogP contribution in [0, 0.1) is 6.92 Å². The Balaban J connectivity index is 1.74. The van der Waals surface area contributed by atoms with Crippen molar-refractivity contribution in [2.24, 2.45) is 0 Å². The second-order valence-electron chi connectivity index (χ2n) is 4.22. The van der Waals surface area contributed by atoms with Crippen LogP contribution >= 0.6 is 23.1 Å². The Morgan fingerprint density at radius 1 is 1.50 bits per heavy atom. The lowest BCUT2D eigenvalue weighted by Gasteiger charge is -2.09. The molecule has 0 radical (unpaired) electrons. The zero-order valence-corrected chi connectivity index (χ0v) is 12.8. The van der Waals surface area contributed by atoms with Crippen molar-refractivity contribution in [1.82, 2.24) is 10.2 Å². The Morgan fingerprint density at radius 3 is 3.10 bits per heavy atom. The SMILES string of the molecule is Cc1c(N)cccc1NC(=O)CCCSc1nncs1. The zero-order chi connectivity index (χ0) is 14.4. The van der Waals surface area contributed by atoms with Gasteiger partial charge in [0.15, 0.2) is 4.34 Å². The van der Waals surface area contributed by atoms with Gasteiger partial charge in [0.2, 0.25) is 5.91 Å². The van der Waals surface area contributed by atoms with Gasteiger partial charge in [0, 0.05) is 23.5 Å².